The van der Waals surface area contributed by atoms with Crippen LogP contribution >= 0.6 is 11.3 Å². The summed E-state index contributed by atoms with van der Waals surface area (Å²) in [6, 6.07) is 9.56. The van der Waals surface area contributed by atoms with Gasteiger partial charge >= 0.3 is 0 Å². The average molecular weight is 343 g/mol. The molecule has 122 valence electrons. The number of anilines is 1. The molecule has 2 N–H and O–H groups in total. The Balaban J connectivity index is 1.79. The molecule has 7 heteroatoms. The van der Waals surface area contributed by atoms with Crippen molar-refractivity contribution in [2.45, 2.75) is 13.3 Å². The van der Waals surface area contributed by atoms with Crippen LogP contribution in [-0.4, -0.2) is 15.9 Å². The SMILES string of the molecule is Cc1nc(NC(=O)c2ccc[nH]c2=O)sc1Cc1ccccc1F. The van der Waals surface area contributed by atoms with Crippen molar-refractivity contribution >= 4 is 22.4 Å². The van der Waals surface area contributed by atoms with E-state index in [2.05, 4.69) is 15.3 Å². The maximum Gasteiger partial charge on any atom is 0.263 e. The molecule has 0 aliphatic heterocycles. The molecule has 0 saturated carbocycles. The van der Waals surface area contributed by atoms with Gasteiger partial charge in [0.25, 0.3) is 11.5 Å². The van der Waals surface area contributed by atoms with E-state index in [1.807, 2.05) is 0 Å². The second-order valence-electron chi connectivity index (χ2n) is 5.16. The third kappa shape index (κ3) is 3.41. The van der Waals surface area contributed by atoms with Crippen LogP contribution in [0.4, 0.5) is 9.52 Å². The number of rotatable bonds is 4. The monoisotopic (exact) mass is 343 g/mol. The minimum Gasteiger partial charge on any atom is -0.328 e. The van der Waals surface area contributed by atoms with E-state index in [0.717, 1.165) is 10.6 Å². The highest BCUT2D eigenvalue weighted by molar-refractivity contribution is 7.15. The van der Waals surface area contributed by atoms with E-state index >= 15 is 0 Å². The lowest BCUT2D eigenvalue weighted by molar-refractivity contribution is 0.102. The molecule has 0 fully saturated rings. The number of thiazole rings is 1. The zero-order valence-corrected chi connectivity index (χ0v) is 13.6. The Hall–Kier alpha value is -2.80. The van der Waals surface area contributed by atoms with Crippen molar-refractivity contribution in [2.75, 3.05) is 5.32 Å². The number of carbonyl (C=O) groups is 1. The first-order chi connectivity index (χ1) is 11.5. The standard InChI is InChI=1S/C17H14FN3O2S/c1-10-14(9-11-5-2-3-7-13(11)18)24-17(20-10)21-16(23)12-6-4-8-19-15(12)22/h2-8H,9H2,1H3,(H,19,22)(H,20,21,23). The molecular weight excluding hydrogens is 329 g/mol. The number of halogens is 1. The van der Waals surface area contributed by atoms with Gasteiger partial charge < -0.3 is 4.98 Å². The number of aromatic amines is 1. The van der Waals surface area contributed by atoms with E-state index < -0.39 is 11.5 Å². The highest BCUT2D eigenvalue weighted by Crippen LogP contribution is 2.26. The van der Waals surface area contributed by atoms with Gasteiger partial charge in [0.2, 0.25) is 0 Å². The van der Waals surface area contributed by atoms with E-state index in [0.29, 0.717) is 17.1 Å². The van der Waals surface area contributed by atoms with Crippen molar-refractivity contribution in [2.24, 2.45) is 0 Å². The van der Waals surface area contributed by atoms with Crippen LogP contribution in [0.2, 0.25) is 0 Å². The molecule has 0 bridgehead atoms. The van der Waals surface area contributed by atoms with E-state index in [4.69, 9.17) is 0 Å². The average Bonchev–Trinajstić information content (AvgIpc) is 2.89. The number of amides is 1. The number of H-pyrrole nitrogens is 1. The number of hydrogen-bond donors (Lipinski definition) is 2. The van der Waals surface area contributed by atoms with Gasteiger partial charge in [-0.15, -0.1) is 11.3 Å². The van der Waals surface area contributed by atoms with Gasteiger partial charge in [-0.25, -0.2) is 9.37 Å². The topological polar surface area (TPSA) is 74.8 Å². The van der Waals surface area contributed by atoms with E-state index in [-0.39, 0.29) is 11.4 Å². The Morgan fingerprint density at radius 3 is 2.83 bits per heavy atom. The van der Waals surface area contributed by atoms with Crippen LogP contribution in [0.3, 0.4) is 0 Å². The summed E-state index contributed by atoms with van der Waals surface area (Å²) in [7, 11) is 0. The van der Waals surface area contributed by atoms with Crippen molar-refractivity contribution in [3.63, 3.8) is 0 Å². The van der Waals surface area contributed by atoms with E-state index in [1.54, 1.807) is 31.2 Å². The molecule has 3 aromatic rings. The first-order valence-corrected chi connectivity index (χ1v) is 8.05. The molecule has 3 rings (SSSR count). The summed E-state index contributed by atoms with van der Waals surface area (Å²) >= 11 is 1.27. The fraction of sp³-hybridized carbons (Fsp3) is 0.118. The van der Waals surface area contributed by atoms with Crippen LogP contribution in [0.25, 0.3) is 0 Å². The Morgan fingerprint density at radius 1 is 1.29 bits per heavy atom. The highest BCUT2D eigenvalue weighted by atomic mass is 32.1. The largest absolute Gasteiger partial charge is 0.328 e. The van der Waals surface area contributed by atoms with Gasteiger partial charge in [-0.05, 0) is 30.7 Å². The predicted octanol–water partition coefficient (Wildman–Crippen LogP) is 3.12. The molecule has 0 radical (unpaired) electrons. The van der Waals surface area contributed by atoms with Crippen LogP contribution < -0.4 is 10.9 Å². The minimum atomic E-state index is -0.525. The van der Waals surface area contributed by atoms with Crippen molar-refractivity contribution in [3.05, 3.63) is 80.5 Å². The number of carbonyl (C=O) groups excluding carboxylic acids is 1. The van der Waals surface area contributed by atoms with Gasteiger partial charge in [0.05, 0.1) is 5.69 Å². The molecule has 5 nitrogen and oxygen atoms in total. The molecule has 0 aliphatic carbocycles. The molecular formula is C17H14FN3O2S. The fourth-order valence-electron chi connectivity index (χ4n) is 2.23. The molecule has 1 aromatic carbocycles. The van der Waals surface area contributed by atoms with Gasteiger partial charge in [0, 0.05) is 17.5 Å². The van der Waals surface area contributed by atoms with Crippen LogP contribution in [0.1, 0.15) is 26.5 Å². The summed E-state index contributed by atoms with van der Waals surface area (Å²) in [5.41, 5.74) is 0.845. The second-order valence-corrected chi connectivity index (χ2v) is 6.25. The number of aromatic nitrogens is 2. The third-order valence-corrected chi connectivity index (χ3v) is 4.56. The van der Waals surface area contributed by atoms with Crippen LogP contribution in [0.5, 0.6) is 0 Å². The smallest absolute Gasteiger partial charge is 0.263 e. The zero-order chi connectivity index (χ0) is 17.1. The molecule has 1 amide bonds. The van der Waals surface area contributed by atoms with Crippen LogP contribution in [0, 0.1) is 12.7 Å². The lowest BCUT2D eigenvalue weighted by Crippen LogP contribution is -2.22. The van der Waals surface area contributed by atoms with Crippen molar-refractivity contribution in [1.82, 2.24) is 9.97 Å². The Morgan fingerprint density at radius 2 is 2.08 bits per heavy atom. The summed E-state index contributed by atoms with van der Waals surface area (Å²) in [6.45, 7) is 1.80. The van der Waals surface area contributed by atoms with Gasteiger partial charge in [-0.2, -0.15) is 0 Å². The summed E-state index contributed by atoms with van der Waals surface area (Å²) in [4.78, 5) is 31.4. The quantitative estimate of drug-likeness (QED) is 0.764. The molecule has 2 heterocycles. The summed E-state index contributed by atoms with van der Waals surface area (Å²) < 4.78 is 13.8. The Kier molecular flexibility index (Phi) is 4.52. The van der Waals surface area contributed by atoms with Crippen molar-refractivity contribution < 1.29 is 9.18 Å². The molecule has 0 spiro atoms. The first-order valence-electron chi connectivity index (χ1n) is 7.23. The number of pyridine rings is 1. The number of aryl methyl sites for hydroxylation is 1. The molecule has 0 atom stereocenters. The van der Waals surface area contributed by atoms with Gasteiger partial charge in [-0.1, -0.05) is 18.2 Å². The fourth-order valence-corrected chi connectivity index (χ4v) is 3.21. The first kappa shape index (κ1) is 16.1. The van der Waals surface area contributed by atoms with E-state index in [9.17, 15) is 14.0 Å². The third-order valence-electron chi connectivity index (χ3n) is 3.48. The maximum atomic E-state index is 13.8. The number of benzene rings is 1. The lowest BCUT2D eigenvalue weighted by atomic mass is 10.1. The van der Waals surface area contributed by atoms with Gasteiger partial charge in [0.15, 0.2) is 5.13 Å². The predicted molar refractivity (Wildman–Crippen MR) is 91.1 cm³/mol. The molecule has 0 unspecified atom stereocenters. The lowest BCUT2D eigenvalue weighted by Gasteiger charge is -2.01. The maximum absolute atomic E-state index is 13.8. The zero-order valence-electron chi connectivity index (χ0n) is 12.8. The summed E-state index contributed by atoms with van der Waals surface area (Å²) in [5, 5.41) is 3.00. The van der Waals surface area contributed by atoms with Crippen molar-refractivity contribution in [3.8, 4) is 0 Å². The highest BCUT2D eigenvalue weighted by Gasteiger charge is 2.15. The van der Waals surface area contributed by atoms with Crippen LogP contribution in [-0.2, 0) is 6.42 Å². The van der Waals surface area contributed by atoms with Gasteiger partial charge in [0.1, 0.15) is 11.4 Å². The second kappa shape index (κ2) is 6.76. The molecule has 2 aromatic heterocycles. The minimum absolute atomic E-state index is 0.0148. The number of nitrogens with one attached hydrogen (secondary N) is 2. The summed E-state index contributed by atoms with van der Waals surface area (Å²) in [6.07, 6.45) is 1.86. The normalized spacial score (nSPS) is 10.6. The Labute approximate surface area is 141 Å². The number of hydrogen-bond acceptors (Lipinski definition) is 4. The van der Waals surface area contributed by atoms with Gasteiger partial charge in [-0.3, -0.25) is 14.9 Å². The van der Waals surface area contributed by atoms with E-state index in [1.165, 1.54) is 29.7 Å². The summed E-state index contributed by atoms with van der Waals surface area (Å²) in [5.74, 6) is -0.797. The van der Waals surface area contributed by atoms with Crippen molar-refractivity contribution in [1.29, 1.82) is 0 Å². The van der Waals surface area contributed by atoms with Crippen LogP contribution in [0.15, 0.2) is 47.4 Å². The number of nitrogens with zero attached hydrogens (tertiary/aromatic N) is 1. The molecule has 0 aliphatic rings. The molecule has 0 saturated heterocycles. The molecule has 24 heavy (non-hydrogen) atoms. The Bertz CT molecular complexity index is 949.